The normalized spacial score (nSPS) is 20.3. The quantitative estimate of drug-likeness (QED) is 0.370. The molecule has 3 aromatic rings. The highest BCUT2D eigenvalue weighted by Crippen LogP contribution is 2.45. The monoisotopic (exact) mass is 581 g/mol. The Bertz CT molecular complexity index is 1480. The van der Waals surface area contributed by atoms with E-state index in [9.17, 15) is 9.59 Å². The Morgan fingerprint density at radius 2 is 1.93 bits per heavy atom. The van der Waals surface area contributed by atoms with Crippen molar-refractivity contribution in [3.8, 4) is 22.8 Å². The Balaban J connectivity index is 1.57. The predicted octanol–water partition coefficient (Wildman–Crippen LogP) is 5.38. The van der Waals surface area contributed by atoms with Gasteiger partial charge in [0.15, 0.2) is 0 Å². The molecule has 2 amide bonds. The molecule has 2 saturated heterocycles. The minimum atomic E-state index is -3.31. The average Bonchev–Trinajstić information content (AvgIpc) is 3.27. The van der Waals surface area contributed by atoms with E-state index in [2.05, 4.69) is 15.5 Å². The number of nitrogens with zero attached hydrogens (tertiary/aromatic N) is 3. The molecule has 0 bridgehead atoms. The van der Waals surface area contributed by atoms with Crippen LogP contribution in [0.15, 0.2) is 42.5 Å². The van der Waals surface area contributed by atoms with Crippen molar-refractivity contribution in [2.45, 2.75) is 57.9 Å². The third kappa shape index (κ3) is 5.97. The molecular weight excluding hydrogens is 547 g/mol. The molecule has 2 aliphatic rings. The van der Waals surface area contributed by atoms with Crippen LogP contribution in [0.4, 0.5) is 13.2 Å². The lowest BCUT2D eigenvalue weighted by Crippen LogP contribution is -2.45. The maximum absolute atomic E-state index is 16.0. The van der Waals surface area contributed by atoms with Gasteiger partial charge in [-0.2, -0.15) is 10.2 Å². The fraction of sp³-hybridized carbons (Fsp3) is 0.419. The lowest BCUT2D eigenvalue weighted by Gasteiger charge is -2.35. The van der Waals surface area contributed by atoms with Gasteiger partial charge in [0.25, 0.3) is 11.8 Å². The summed E-state index contributed by atoms with van der Waals surface area (Å²) in [5.74, 6) is -6.60. The fourth-order valence-electron chi connectivity index (χ4n) is 5.62. The SMILES string of the molecule is CC(C)c1ccc(-c2ccc(Oc3cc(C(N)=O)c(F)c([C@H]4CCNCC4(F)F)c3CN3C[C@@H](C)CC3=O)cc2)nn1. The summed E-state index contributed by atoms with van der Waals surface area (Å²) in [5.41, 5.74) is 7.02. The number of primary amides is 1. The zero-order valence-corrected chi connectivity index (χ0v) is 23.8. The number of likely N-dealkylation sites (tertiary alicyclic amines) is 1. The first-order valence-corrected chi connectivity index (χ1v) is 14.1. The second kappa shape index (κ2) is 11.7. The number of halogens is 3. The zero-order chi connectivity index (χ0) is 30.2. The van der Waals surface area contributed by atoms with Crippen LogP contribution in [0.5, 0.6) is 11.5 Å². The van der Waals surface area contributed by atoms with E-state index < -0.39 is 35.7 Å². The lowest BCUT2D eigenvalue weighted by molar-refractivity contribution is -0.128. The lowest BCUT2D eigenvalue weighted by atomic mass is 9.82. The Morgan fingerprint density at radius 3 is 2.50 bits per heavy atom. The van der Waals surface area contributed by atoms with Gasteiger partial charge in [-0.25, -0.2) is 13.2 Å². The van der Waals surface area contributed by atoms with Crippen LogP contribution in [0.2, 0.25) is 0 Å². The molecular formula is C31H34F3N5O3. The van der Waals surface area contributed by atoms with E-state index in [1.807, 2.05) is 32.9 Å². The van der Waals surface area contributed by atoms with E-state index in [0.717, 1.165) is 17.3 Å². The molecule has 2 aliphatic heterocycles. The molecule has 0 radical (unpaired) electrons. The van der Waals surface area contributed by atoms with Gasteiger partial charge in [0, 0.05) is 36.2 Å². The van der Waals surface area contributed by atoms with Gasteiger partial charge in [-0.05, 0) is 67.3 Å². The first kappa shape index (κ1) is 29.5. The number of piperidine rings is 1. The molecule has 8 nitrogen and oxygen atoms in total. The molecule has 0 spiro atoms. The fourth-order valence-corrected chi connectivity index (χ4v) is 5.62. The molecule has 2 fully saturated rings. The van der Waals surface area contributed by atoms with Gasteiger partial charge < -0.3 is 20.7 Å². The number of amides is 2. The molecule has 2 aromatic carbocycles. The van der Waals surface area contributed by atoms with Crippen molar-refractivity contribution in [2.24, 2.45) is 11.7 Å². The van der Waals surface area contributed by atoms with Gasteiger partial charge in [-0.3, -0.25) is 9.59 Å². The summed E-state index contributed by atoms with van der Waals surface area (Å²) in [7, 11) is 0. The molecule has 2 atom stereocenters. The number of hydrogen-bond donors (Lipinski definition) is 2. The van der Waals surface area contributed by atoms with Crippen molar-refractivity contribution in [2.75, 3.05) is 19.6 Å². The van der Waals surface area contributed by atoms with Crippen molar-refractivity contribution in [3.05, 3.63) is 70.7 Å². The highest BCUT2D eigenvalue weighted by atomic mass is 19.3. The van der Waals surface area contributed by atoms with Gasteiger partial charge >= 0.3 is 0 Å². The Morgan fingerprint density at radius 1 is 1.19 bits per heavy atom. The maximum atomic E-state index is 16.0. The molecule has 1 aromatic heterocycles. The summed E-state index contributed by atoms with van der Waals surface area (Å²) < 4.78 is 52.6. The number of nitrogens with one attached hydrogen (secondary N) is 1. The van der Waals surface area contributed by atoms with E-state index in [1.54, 1.807) is 24.3 Å². The van der Waals surface area contributed by atoms with E-state index >= 15 is 13.2 Å². The molecule has 3 N–H and O–H groups in total. The molecule has 42 heavy (non-hydrogen) atoms. The van der Waals surface area contributed by atoms with Crippen LogP contribution in [0.25, 0.3) is 11.3 Å². The van der Waals surface area contributed by atoms with Gasteiger partial charge in [-0.15, -0.1) is 0 Å². The summed E-state index contributed by atoms with van der Waals surface area (Å²) in [6.07, 6.45) is 0.230. The summed E-state index contributed by atoms with van der Waals surface area (Å²) in [4.78, 5) is 26.5. The number of rotatable bonds is 8. The van der Waals surface area contributed by atoms with E-state index in [-0.39, 0.29) is 54.1 Å². The number of nitrogens with two attached hydrogens (primary N) is 1. The van der Waals surface area contributed by atoms with Gasteiger partial charge in [0.2, 0.25) is 5.91 Å². The number of hydrogen-bond acceptors (Lipinski definition) is 6. The summed E-state index contributed by atoms with van der Waals surface area (Å²) in [6, 6.07) is 11.8. The second-order valence-electron chi connectivity index (χ2n) is 11.5. The highest BCUT2D eigenvalue weighted by molar-refractivity contribution is 5.94. The van der Waals surface area contributed by atoms with Crippen molar-refractivity contribution in [1.29, 1.82) is 0 Å². The van der Waals surface area contributed by atoms with Crippen LogP contribution in [0, 0.1) is 11.7 Å². The Labute approximate surface area is 242 Å². The third-order valence-corrected chi connectivity index (χ3v) is 7.88. The molecule has 0 aliphatic carbocycles. The van der Waals surface area contributed by atoms with Crippen molar-refractivity contribution in [1.82, 2.24) is 20.4 Å². The number of aromatic nitrogens is 2. The van der Waals surface area contributed by atoms with E-state index in [1.165, 1.54) is 4.90 Å². The van der Waals surface area contributed by atoms with E-state index in [4.69, 9.17) is 10.5 Å². The van der Waals surface area contributed by atoms with Crippen LogP contribution >= 0.6 is 0 Å². The van der Waals surface area contributed by atoms with Gasteiger partial charge in [0.05, 0.1) is 29.4 Å². The summed E-state index contributed by atoms with van der Waals surface area (Å²) in [6.45, 7) is 5.82. The first-order chi connectivity index (χ1) is 19.9. The van der Waals surface area contributed by atoms with Crippen molar-refractivity contribution >= 4 is 11.8 Å². The smallest absolute Gasteiger partial charge is 0.267 e. The van der Waals surface area contributed by atoms with Crippen LogP contribution in [-0.4, -0.2) is 52.5 Å². The molecule has 3 heterocycles. The van der Waals surface area contributed by atoms with Crippen molar-refractivity contribution in [3.63, 3.8) is 0 Å². The maximum Gasteiger partial charge on any atom is 0.267 e. The van der Waals surface area contributed by atoms with Crippen LogP contribution < -0.4 is 15.8 Å². The molecule has 0 unspecified atom stereocenters. The summed E-state index contributed by atoms with van der Waals surface area (Å²) in [5, 5.41) is 11.2. The third-order valence-electron chi connectivity index (χ3n) is 7.88. The Kier molecular flexibility index (Phi) is 8.23. The Hall–Kier alpha value is -3.99. The minimum absolute atomic E-state index is 0.00397. The van der Waals surface area contributed by atoms with E-state index in [0.29, 0.717) is 24.4 Å². The number of alkyl halides is 2. The number of carbonyl (C=O) groups is 2. The molecule has 5 rings (SSSR count). The summed E-state index contributed by atoms with van der Waals surface area (Å²) >= 11 is 0. The molecule has 11 heteroatoms. The molecule has 0 saturated carbocycles. The number of ether oxygens (including phenoxy) is 1. The predicted molar refractivity (Wildman–Crippen MR) is 151 cm³/mol. The number of carbonyl (C=O) groups excluding carboxylic acids is 2. The average molecular weight is 582 g/mol. The van der Waals surface area contributed by atoms with Crippen LogP contribution in [-0.2, 0) is 11.3 Å². The molecule has 222 valence electrons. The topological polar surface area (TPSA) is 110 Å². The second-order valence-corrected chi connectivity index (χ2v) is 11.5. The van der Waals surface area contributed by atoms with Gasteiger partial charge in [0.1, 0.15) is 17.3 Å². The van der Waals surface area contributed by atoms with Crippen molar-refractivity contribution < 1.29 is 27.5 Å². The zero-order valence-electron chi connectivity index (χ0n) is 23.8. The standard InChI is InChI=1S/C31H34F3N5O3/c1-17(2)24-8-9-25(38-37-24)19-4-6-20(7-5-19)42-26-13-21(30(35)41)29(32)28(23-10-11-36-16-31(23,33)34)22(26)15-39-14-18(3)12-27(39)40/h4-9,13,17-18,23,36H,10-12,14-16H2,1-3H3,(H2,35,41)/t18-,23+/m0/s1. The van der Waals surface area contributed by atoms with Crippen LogP contribution in [0.1, 0.15) is 72.6 Å². The minimum Gasteiger partial charge on any atom is -0.457 e. The highest BCUT2D eigenvalue weighted by Gasteiger charge is 2.46. The van der Waals surface area contributed by atoms with Crippen LogP contribution in [0.3, 0.4) is 0 Å². The first-order valence-electron chi connectivity index (χ1n) is 14.1. The van der Waals surface area contributed by atoms with Gasteiger partial charge in [-0.1, -0.05) is 20.8 Å². The number of benzene rings is 2. The largest absolute Gasteiger partial charge is 0.457 e.